The summed E-state index contributed by atoms with van der Waals surface area (Å²) < 4.78 is 2.00. The van der Waals surface area contributed by atoms with Gasteiger partial charge in [0.2, 0.25) is 0 Å². The van der Waals surface area contributed by atoms with Crippen molar-refractivity contribution in [2.75, 3.05) is 25.5 Å². The van der Waals surface area contributed by atoms with Crippen LogP contribution in [0.1, 0.15) is 19.3 Å². The first-order chi connectivity index (χ1) is 10.3. The molecule has 3 heterocycles. The molecule has 2 fully saturated rings. The van der Waals surface area contributed by atoms with Crippen molar-refractivity contribution < 1.29 is 0 Å². The molecule has 1 saturated carbocycles. The number of nitrogens with one attached hydrogen (secondary N) is 2. The van der Waals surface area contributed by atoms with E-state index >= 15 is 0 Å². The zero-order valence-electron chi connectivity index (χ0n) is 12.1. The summed E-state index contributed by atoms with van der Waals surface area (Å²) >= 11 is 2.22. The fourth-order valence-corrected chi connectivity index (χ4v) is 4.56. The van der Waals surface area contributed by atoms with E-state index in [9.17, 15) is 0 Å². The van der Waals surface area contributed by atoms with Crippen molar-refractivity contribution >= 4 is 47.2 Å². The first-order valence-electron chi connectivity index (χ1n) is 7.33. The van der Waals surface area contributed by atoms with E-state index in [1.165, 1.54) is 32.4 Å². The normalized spacial score (nSPS) is 23.7. The van der Waals surface area contributed by atoms with Gasteiger partial charge in [0.05, 0.1) is 5.39 Å². The molecule has 2 N–H and O–H groups in total. The van der Waals surface area contributed by atoms with Crippen LogP contribution in [0.2, 0.25) is 0 Å². The number of hydrogen-bond acceptors (Lipinski definition) is 5. The van der Waals surface area contributed by atoms with Crippen LogP contribution in [0.25, 0.3) is 11.0 Å². The third-order valence-corrected chi connectivity index (χ3v) is 6.11. The molecule has 1 aliphatic carbocycles. The Bertz CT molecular complexity index is 582. The zero-order chi connectivity index (χ0) is 14.7. The number of nitrogens with zero attached hydrogens (tertiary/aromatic N) is 3. The second kappa shape index (κ2) is 7.15. The lowest BCUT2D eigenvalue weighted by atomic mass is 10.0. The average Bonchev–Trinajstić information content (AvgIpc) is 3.21. The minimum Gasteiger partial charge on any atom is -0.372 e. The molecule has 5 nitrogen and oxygen atoms in total. The predicted molar refractivity (Wildman–Crippen MR) is 97.8 cm³/mol. The van der Waals surface area contributed by atoms with E-state index in [4.69, 9.17) is 0 Å². The van der Waals surface area contributed by atoms with Gasteiger partial charge >= 0.3 is 0 Å². The third-order valence-electron chi connectivity index (χ3n) is 4.39. The Morgan fingerprint density at radius 3 is 2.76 bits per heavy atom. The molecular weight excluding hydrogens is 397 g/mol. The van der Waals surface area contributed by atoms with Gasteiger partial charge in [0.15, 0.2) is 5.65 Å². The molecule has 114 valence electrons. The summed E-state index contributed by atoms with van der Waals surface area (Å²) in [6, 6.07) is 2.01. The van der Waals surface area contributed by atoms with Crippen molar-refractivity contribution in [2.45, 2.75) is 19.3 Å². The van der Waals surface area contributed by atoms with Gasteiger partial charge in [-0.05, 0) is 43.8 Å². The first kappa shape index (κ1) is 15.4. The Morgan fingerprint density at radius 2 is 2.10 bits per heavy atom. The Kier molecular flexibility index (Phi) is 5.23. The Balaban J connectivity index is 0.000000140. The summed E-state index contributed by atoms with van der Waals surface area (Å²) in [5.41, 5.74) is 0.943. The molecule has 7 heteroatoms. The van der Waals surface area contributed by atoms with E-state index in [2.05, 4.69) is 41.8 Å². The molecule has 0 spiro atoms. The van der Waals surface area contributed by atoms with Crippen LogP contribution < -0.4 is 10.6 Å². The van der Waals surface area contributed by atoms with Crippen LogP contribution in [-0.4, -0.2) is 34.1 Å². The van der Waals surface area contributed by atoms with Crippen molar-refractivity contribution in [3.63, 3.8) is 0 Å². The molecular formula is C14H20IN5S. The maximum absolute atomic E-state index is 4.21. The molecule has 21 heavy (non-hydrogen) atoms. The molecule has 0 aromatic carbocycles. The van der Waals surface area contributed by atoms with Crippen LogP contribution >= 0.6 is 30.3 Å². The zero-order valence-corrected chi connectivity index (χ0v) is 15.0. The van der Waals surface area contributed by atoms with Gasteiger partial charge in [-0.15, -0.1) is 0 Å². The number of hydrogen-bond donors (Lipinski definition) is 2. The van der Waals surface area contributed by atoms with Gasteiger partial charge in [0.25, 0.3) is 0 Å². The summed E-state index contributed by atoms with van der Waals surface area (Å²) in [5.74, 6) is 3.00. The SMILES string of the molecule is C1C[C@@H]2CNC[C@@H]2C1.CNc1ncnc2c1ccn2SI. The van der Waals surface area contributed by atoms with Gasteiger partial charge in [-0.25, -0.2) is 9.97 Å². The van der Waals surface area contributed by atoms with Gasteiger partial charge in [-0.1, -0.05) is 6.42 Å². The lowest BCUT2D eigenvalue weighted by Crippen LogP contribution is -2.08. The smallest absolute Gasteiger partial charge is 0.156 e. The van der Waals surface area contributed by atoms with Crippen LogP contribution in [0.4, 0.5) is 5.82 Å². The van der Waals surface area contributed by atoms with Gasteiger partial charge < -0.3 is 10.6 Å². The van der Waals surface area contributed by atoms with E-state index < -0.39 is 0 Å². The van der Waals surface area contributed by atoms with Crippen molar-refractivity contribution in [3.05, 3.63) is 18.6 Å². The van der Waals surface area contributed by atoms with Gasteiger partial charge in [0, 0.05) is 43.6 Å². The molecule has 0 bridgehead atoms. The standard InChI is InChI=1S/C7H7IN4S.C7H13N/c1-9-6-5-2-3-12(13-8)7(5)11-4-10-6;1-2-6-4-8-5-7(6)3-1/h2-4H,1H3,(H,9,10,11);6-8H,1-5H2/t;6-,7+. The van der Waals surface area contributed by atoms with Gasteiger partial charge in [-0.2, -0.15) is 0 Å². The molecule has 1 saturated heterocycles. The number of rotatable bonds is 2. The molecule has 0 amide bonds. The molecule has 0 unspecified atom stereocenters. The van der Waals surface area contributed by atoms with Crippen LogP contribution in [0, 0.1) is 11.8 Å². The molecule has 2 aromatic heterocycles. The number of anilines is 1. The van der Waals surface area contributed by atoms with Crippen molar-refractivity contribution in [3.8, 4) is 0 Å². The monoisotopic (exact) mass is 417 g/mol. The third kappa shape index (κ3) is 3.29. The predicted octanol–water partition coefficient (Wildman–Crippen LogP) is 3.33. The van der Waals surface area contributed by atoms with Crippen LogP contribution in [0.15, 0.2) is 18.6 Å². The van der Waals surface area contributed by atoms with E-state index in [0.717, 1.165) is 28.7 Å². The second-order valence-corrected chi connectivity index (χ2v) is 7.24. The molecule has 2 aromatic rings. The minimum atomic E-state index is 0.870. The van der Waals surface area contributed by atoms with Gasteiger partial charge in [-0.3, -0.25) is 3.97 Å². The summed E-state index contributed by atoms with van der Waals surface area (Å²) in [7, 11) is 3.45. The molecule has 4 rings (SSSR count). The topological polar surface area (TPSA) is 54.8 Å². The molecule has 2 aliphatic rings. The summed E-state index contributed by atoms with van der Waals surface area (Å²) in [5, 5.41) is 7.51. The van der Waals surface area contributed by atoms with Crippen molar-refractivity contribution in [1.82, 2.24) is 19.3 Å². The minimum absolute atomic E-state index is 0.870. The summed E-state index contributed by atoms with van der Waals surface area (Å²) in [4.78, 5) is 8.33. The lowest BCUT2D eigenvalue weighted by Gasteiger charge is -2.02. The van der Waals surface area contributed by atoms with Crippen LogP contribution in [0.5, 0.6) is 0 Å². The number of fused-ring (bicyclic) bond motifs is 2. The first-order valence-corrected chi connectivity index (χ1v) is 10.6. The van der Waals surface area contributed by atoms with Gasteiger partial charge in [0.1, 0.15) is 12.1 Å². The highest BCUT2D eigenvalue weighted by Crippen LogP contribution is 2.33. The lowest BCUT2D eigenvalue weighted by molar-refractivity contribution is 0.494. The maximum Gasteiger partial charge on any atom is 0.156 e. The highest BCUT2D eigenvalue weighted by Gasteiger charge is 2.30. The van der Waals surface area contributed by atoms with E-state index in [0.29, 0.717) is 0 Å². The van der Waals surface area contributed by atoms with E-state index in [1.54, 1.807) is 15.4 Å². The maximum atomic E-state index is 4.21. The average molecular weight is 417 g/mol. The molecule has 1 aliphatic heterocycles. The highest BCUT2D eigenvalue weighted by atomic mass is 127. The summed E-state index contributed by atoms with van der Waals surface area (Å²) in [6.07, 6.45) is 8.04. The Labute approximate surface area is 141 Å². The fraction of sp³-hybridized carbons (Fsp3) is 0.571. The van der Waals surface area contributed by atoms with Crippen LogP contribution in [0.3, 0.4) is 0 Å². The van der Waals surface area contributed by atoms with E-state index in [1.807, 2.05) is 23.3 Å². The van der Waals surface area contributed by atoms with Crippen LogP contribution in [-0.2, 0) is 0 Å². The quantitative estimate of drug-likeness (QED) is 0.735. The Hall–Kier alpha value is -0.540. The van der Waals surface area contributed by atoms with Crippen molar-refractivity contribution in [1.29, 1.82) is 0 Å². The van der Waals surface area contributed by atoms with Crippen molar-refractivity contribution in [2.24, 2.45) is 11.8 Å². The highest BCUT2D eigenvalue weighted by molar-refractivity contribution is 14.2. The largest absolute Gasteiger partial charge is 0.372 e. The second-order valence-electron chi connectivity index (χ2n) is 5.53. The van der Waals surface area contributed by atoms with E-state index in [-0.39, 0.29) is 0 Å². The fourth-order valence-electron chi connectivity index (χ4n) is 3.29. The number of halogens is 1. The number of aromatic nitrogens is 3. The molecule has 0 radical (unpaired) electrons. The molecule has 2 atom stereocenters. The Morgan fingerprint density at radius 1 is 1.33 bits per heavy atom. The summed E-state index contributed by atoms with van der Waals surface area (Å²) in [6.45, 7) is 2.62.